The summed E-state index contributed by atoms with van der Waals surface area (Å²) in [5.41, 5.74) is 0.426. The lowest BCUT2D eigenvalue weighted by atomic mass is 10.2. The van der Waals surface area contributed by atoms with Crippen LogP contribution in [0.25, 0.3) is 0 Å². The topological polar surface area (TPSA) is 58.1 Å². The van der Waals surface area contributed by atoms with E-state index in [1.165, 1.54) is 11.1 Å². The highest BCUT2D eigenvalue weighted by Crippen LogP contribution is 2.21. The lowest BCUT2D eigenvalue weighted by Crippen LogP contribution is -2.27. The molecule has 21 heavy (non-hydrogen) atoms. The zero-order valence-electron chi connectivity index (χ0n) is 12.0. The number of rotatable bonds is 5. The Morgan fingerprint density at radius 2 is 2.19 bits per heavy atom. The first-order chi connectivity index (χ1) is 10.1. The fourth-order valence-electron chi connectivity index (χ4n) is 1.78. The van der Waals surface area contributed by atoms with Gasteiger partial charge in [0.25, 0.3) is 5.91 Å². The van der Waals surface area contributed by atoms with Crippen LogP contribution in [-0.2, 0) is 0 Å². The second-order valence-corrected chi connectivity index (χ2v) is 4.94. The third-order valence-corrected chi connectivity index (χ3v) is 3.22. The molecule has 2 aromatic rings. The molecule has 0 aromatic carbocycles. The maximum Gasteiger partial charge on any atom is 0.260 e. The Balaban J connectivity index is 2.18. The standard InChI is InChI=1S/C15H17ClN4O/c1-3-7-18-14-12(16)9-11(10-19-14)15(21)20(2)13-6-4-5-8-17-13/h4-6,8-10H,3,7H2,1-2H3,(H,18,19). The van der Waals surface area contributed by atoms with Crippen LogP contribution in [0.1, 0.15) is 23.7 Å². The molecule has 0 fully saturated rings. The minimum absolute atomic E-state index is 0.204. The number of hydrogen-bond donors (Lipinski definition) is 1. The molecule has 5 nitrogen and oxygen atoms in total. The highest BCUT2D eigenvalue weighted by molar-refractivity contribution is 6.33. The van der Waals surface area contributed by atoms with Gasteiger partial charge >= 0.3 is 0 Å². The van der Waals surface area contributed by atoms with Crippen molar-refractivity contribution in [1.82, 2.24) is 9.97 Å². The van der Waals surface area contributed by atoms with E-state index in [1.807, 2.05) is 6.07 Å². The van der Waals surface area contributed by atoms with Crippen LogP contribution in [0.15, 0.2) is 36.7 Å². The van der Waals surface area contributed by atoms with Gasteiger partial charge in [0.1, 0.15) is 11.6 Å². The molecule has 1 N–H and O–H groups in total. The van der Waals surface area contributed by atoms with E-state index in [4.69, 9.17) is 11.6 Å². The maximum atomic E-state index is 12.4. The number of amides is 1. The van der Waals surface area contributed by atoms with E-state index in [9.17, 15) is 4.79 Å². The van der Waals surface area contributed by atoms with Gasteiger partial charge in [-0.1, -0.05) is 24.6 Å². The number of hydrogen-bond acceptors (Lipinski definition) is 4. The third kappa shape index (κ3) is 3.70. The van der Waals surface area contributed by atoms with Crippen LogP contribution in [0.5, 0.6) is 0 Å². The second-order valence-electron chi connectivity index (χ2n) is 4.53. The van der Waals surface area contributed by atoms with E-state index in [0.717, 1.165) is 13.0 Å². The molecule has 1 amide bonds. The minimum atomic E-state index is -0.204. The van der Waals surface area contributed by atoms with Crippen molar-refractivity contribution < 1.29 is 4.79 Å². The van der Waals surface area contributed by atoms with E-state index >= 15 is 0 Å². The molecule has 0 aliphatic heterocycles. The summed E-state index contributed by atoms with van der Waals surface area (Å²) < 4.78 is 0. The van der Waals surface area contributed by atoms with Gasteiger partial charge in [0, 0.05) is 26.0 Å². The SMILES string of the molecule is CCCNc1ncc(C(=O)N(C)c2ccccn2)cc1Cl. The van der Waals surface area contributed by atoms with Crippen LogP contribution in [0.3, 0.4) is 0 Å². The average molecular weight is 305 g/mol. The van der Waals surface area contributed by atoms with E-state index < -0.39 is 0 Å². The van der Waals surface area contributed by atoms with Crippen molar-refractivity contribution in [2.75, 3.05) is 23.8 Å². The van der Waals surface area contributed by atoms with E-state index in [0.29, 0.717) is 22.2 Å². The summed E-state index contributed by atoms with van der Waals surface area (Å²) in [4.78, 5) is 22.2. The third-order valence-electron chi connectivity index (χ3n) is 2.93. The highest BCUT2D eigenvalue weighted by atomic mass is 35.5. The minimum Gasteiger partial charge on any atom is -0.369 e. The lowest BCUT2D eigenvalue weighted by Gasteiger charge is -2.16. The van der Waals surface area contributed by atoms with Crippen LogP contribution in [0.2, 0.25) is 5.02 Å². The fourth-order valence-corrected chi connectivity index (χ4v) is 2.01. The molecular formula is C15H17ClN4O. The first-order valence-corrected chi connectivity index (χ1v) is 7.09. The zero-order chi connectivity index (χ0) is 15.2. The molecule has 0 unspecified atom stereocenters. The Hall–Kier alpha value is -2.14. The van der Waals surface area contributed by atoms with Crippen molar-refractivity contribution >= 4 is 29.1 Å². The number of carbonyl (C=O) groups is 1. The Bertz CT molecular complexity index is 618. The van der Waals surface area contributed by atoms with Crippen LogP contribution in [0, 0.1) is 0 Å². The van der Waals surface area contributed by atoms with Gasteiger partial charge in [-0.25, -0.2) is 9.97 Å². The van der Waals surface area contributed by atoms with E-state index in [1.54, 1.807) is 31.4 Å². The smallest absolute Gasteiger partial charge is 0.260 e. The van der Waals surface area contributed by atoms with Gasteiger partial charge in [0.05, 0.1) is 10.6 Å². The van der Waals surface area contributed by atoms with Crippen LogP contribution < -0.4 is 10.2 Å². The number of halogens is 1. The van der Waals surface area contributed by atoms with Crippen LogP contribution >= 0.6 is 11.6 Å². The summed E-state index contributed by atoms with van der Waals surface area (Å²) in [6.45, 7) is 2.84. The molecule has 0 aliphatic rings. The monoisotopic (exact) mass is 304 g/mol. The average Bonchev–Trinajstić information content (AvgIpc) is 2.53. The quantitative estimate of drug-likeness (QED) is 0.921. The van der Waals surface area contributed by atoms with Crippen molar-refractivity contribution in [2.24, 2.45) is 0 Å². The van der Waals surface area contributed by atoms with Crippen molar-refractivity contribution in [3.63, 3.8) is 0 Å². The lowest BCUT2D eigenvalue weighted by molar-refractivity contribution is 0.0992. The predicted molar refractivity (Wildman–Crippen MR) is 85.0 cm³/mol. The molecule has 0 atom stereocenters. The molecule has 0 bridgehead atoms. The Kier molecular flexibility index (Phi) is 5.11. The summed E-state index contributed by atoms with van der Waals surface area (Å²) in [5, 5.41) is 3.54. The molecular weight excluding hydrogens is 288 g/mol. The first-order valence-electron chi connectivity index (χ1n) is 6.72. The Morgan fingerprint density at radius 1 is 1.38 bits per heavy atom. The van der Waals surface area contributed by atoms with Gasteiger partial charge in [-0.15, -0.1) is 0 Å². The normalized spacial score (nSPS) is 10.2. The Morgan fingerprint density at radius 3 is 2.81 bits per heavy atom. The number of pyridine rings is 2. The molecule has 6 heteroatoms. The number of anilines is 2. The highest BCUT2D eigenvalue weighted by Gasteiger charge is 2.16. The Labute approximate surface area is 129 Å². The molecule has 2 rings (SSSR count). The van der Waals surface area contributed by atoms with E-state index in [2.05, 4.69) is 22.2 Å². The van der Waals surface area contributed by atoms with Gasteiger partial charge in [0.2, 0.25) is 0 Å². The summed E-state index contributed by atoms with van der Waals surface area (Å²) in [6, 6.07) is 7.02. The summed E-state index contributed by atoms with van der Waals surface area (Å²) >= 11 is 6.15. The van der Waals surface area contributed by atoms with Crippen molar-refractivity contribution in [1.29, 1.82) is 0 Å². The van der Waals surface area contributed by atoms with E-state index in [-0.39, 0.29) is 5.91 Å². The molecule has 0 radical (unpaired) electrons. The largest absolute Gasteiger partial charge is 0.369 e. The molecule has 110 valence electrons. The number of carbonyl (C=O) groups excluding carboxylic acids is 1. The van der Waals surface area contributed by atoms with Crippen molar-refractivity contribution in [3.8, 4) is 0 Å². The molecule has 0 spiro atoms. The zero-order valence-corrected chi connectivity index (χ0v) is 12.8. The number of aromatic nitrogens is 2. The van der Waals surface area contributed by atoms with Crippen LogP contribution in [0.4, 0.5) is 11.6 Å². The van der Waals surface area contributed by atoms with Gasteiger partial charge in [-0.2, -0.15) is 0 Å². The van der Waals surface area contributed by atoms with Gasteiger partial charge in [-0.05, 0) is 24.6 Å². The fraction of sp³-hybridized carbons (Fsp3) is 0.267. The maximum absolute atomic E-state index is 12.4. The second kappa shape index (κ2) is 7.04. The number of nitrogens with one attached hydrogen (secondary N) is 1. The van der Waals surface area contributed by atoms with Gasteiger partial charge in [-0.3, -0.25) is 9.69 Å². The molecule has 0 aliphatic carbocycles. The number of nitrogens with zero attached hydrogens (tertiary/aromatic N) is 3. The first kappa shape index (κ1) is 15.3. The summed E-state index contributed by atoms with van der Waals surface area (Å²) in [6.07, 6.45) is 4.13. The summed E-state index contributed by atoms with van der Waals surface area (Å²) in [7, 11) is 1.67. The summed E-state index contributed by atoms with van der Waals surface area (Å²) in [5.74, 6) is 0.965. The molecule has 2 heterocycles. The van der Waals surface area contributed by atoms with Gasteiger partial charge < -0.3 is 5.32 Å². The van der Waals surface area contributed by atoms with Crippen LogP contribution in [-0.4, -0.2) is 29.5 Å². The van der Waals surface area contributed by atoms with Crippen molar-refractivity contribution in [3.05, 3.63) is 47.2 Å². The molecule has 2 aromatic heterocycles. The van der Waals surface area contributed by atoms with Gasteiger partial charge in [0.15, 0.2) is 0 Å². The predicted octanol–water partition coefficient (Wildman–Crippen LogP) is 3.23. The molecule has 0 saturated carbocycles. The molecule has 0 saturated heterocycles. The van der Waals surface area contributed by atoms with Crippen molar-refractivity contribution in [2.45, 2.75) is 13.3 Å².